The molecule has 98 valence electrons. The number of nitrogens with two attached hydrogens (primary N) is 1. The van der Waals surface area contributed by atoms with Gasteiger partial charge in [-0.1, -0.05) is 6.92 Å². The van der Waals surface area contributed by atoms with Gasteiger partial charge in [-0.3, -0.25) is 5.41 Å². The molecule has 18 heavy (non-hydrogen) atoms. The van der Waals surface area contributed by atoms with E-state index in [9.17, 15) is 0 Å². The molecule has 0 bridgehead atoms. The first kappa shape index (κ1) is 12.8. The number of nitrogens with zero attached hydrogens (tertiary/aromatic N) is 3. The Kier molecular flexibility index (Phi) is 3.50. The van der Waals surface area contributed by atoms with E-state index in [2.05, 4.69) is 22.0 Å². The van der Waals surface area contributed by atoms with E-state index in [1.807, 2.05) is 13.8 Å². The highest BCUT2D eigenvalue weighted by Crippen LogP contribution is 2.26. The van der Waals surface area contributed by atoms with Gasteiger partial charge in [0.05, 0.1) is 11.3 Å². The van der Waals surface area contributed by atoms with Gasteiger partial charge in [-0.05, 0) is 38.2 Å². The lowest BCUT2D eigenvalue weighted by atomic mass is 9.99. The van der Waals surface area contributed by atoms with Gasteiger partial charge >= 0.3 is 0 Å². The summed E-state index contributed by atoms with van der Waals surface area (Å²) in [6.45, 7) is 8.04. The van der Waals surface area contributed by atoms with Crippen LogP contribution in [-0.2, 0) is 0 Å². The standard InChI is InChI=1S/C13H21N5/c1-8-5-4-6-18(7-8)13-11(12(14)15)9(2)10(3)16-17-13/h8H,4-7H2,1-3H3,(H3,14,15). The van der Waals surface area contributed by atoms with Crippen LogP contribution >= 0.6 is 0 Å². The molecular weight excluding hydrogens is 226 g/mol. The molecule has 0 amide bonds. The number of nitrogen functional groups attached to an aromatic ring is 1. The summed E-state index contributed by atoms with van der Waals surface area (Å²) in [5.74, 6) is 1.51. The predicted molar refractivity (Wildman–Crippen MR) is 73.1 cm³/mol. The van der Waals surface area contributed by atoms with Gasteiger partial charge in [-0.2, -0.15) is 5.10 Å². The Bertz CT molecular complexity index is 469. The molecule has 1 aliphatic rings. The molecule has 0 aromatic carbocycles. The molecule has 1 aromatic rings. The number of aromatic nitrogens is 2. The van der Waals surface area contributed by atoms with Gasteiger partial charge in [-0.25, -0.2) is 0 Å². The minimum absolute atomic E-state index is 0.0822. The van der Waals surface area contributed by atoms with Crippen LogP contribution in [-0.4, -0.2) is 29.1 Å². The van der Waals surface area contributed by atoms with Crippen molar-refractivity contribution in [2.45, 2.75) is 33.6 Å². The maximum Gasteiger partial charge on any atom is 0.162 e. The molecule has 2 rings (SSSR count). The lowest BCUT2D eigenvalue weighted by Crippen LogP contribution is -2.37. The van der Waals surface area contributed by atoms with Gasteiger partial charge in [-0.15, -0.1) is 5.10 Å². The van der Waals surface area contributed by atoms with Crippen LogP contribution in [0.5, 0.6) is 0 Å². The number of anilines is 1. The van der Waals surface area contributed by atoms with E-state index >= 15 is 0 Å². The van der Waals surface area contributed by atoms with Gasteiger partial charge < -0.3 is 10.6 Å². The molecule has 1 unspecified atom stereocenters. The normalized spacial score (nSPS) is 19.9. The fourth-order valence-electron chi connectivity index (χ4n) is 2.52. The van der Waals surface area contributed by atoms with Crippen molar-refractivity contribution < 1.29 is 0 Å². The second-order valence-electron chi connectivity index (χ2n) is 5.22. The van der Waals surface area contributed by atoms with E-state index in [4.69, 9.17) is 11.1 Å². The molecule has 5 nitrogen and oxygen atoms in total. The molecule has 0 radical (unpaired) electrons. The van der Waals surface area contributed by atoms with Crippen LogP contribution in [0.2, 0.25) is 0 Å². The van der Waals surface area contributed by atoms with Crippen LogP contribution in [0.3, 0.4) is 0 Å². The summed E-state index contributed by atoms with van der Waals surface area (Å²) in [6, 6.07) is 0. The van der Waals surface area contributed by atoms with Crippen molar-refractivity contribution in [3.05, 3.63) is 16.8 Å². The number of hydrogen-bond acceptors (Lipinski definition) is 4. The minimum Gasteiger partial charge on any atom is -0.384 e. The first-order valence-corrected chi connectivity index (χ1v) is 6.44. The molecule has 1 aromatic heterocycles. The van der Waals surface area contributed by atoms with Crippen molar-refractivity contribution in [1.29, 1.82) is 5.41 Å². The number of aryl methyl sites for hydroxylation is 1. The highest BCUT2D eigenvalue weighted by molar-refractivity contribution is 6.01. The van der Waals surface area contributed by atoms with Gasteiger partial charge in [0.2, 0.25) is 0 Å². The van der Waals surface area contributed by atoms with Gasteiger partial charge in [0.15, 0.2) is 5.82 Å². The Balaban J connectivity index is 2.43. The van der Waals surface area contributed by atoms with Crippen LogP contribution in [0.25, 0.3) is 0 Å². The minimum atomic E-state index is 0.0822. The highest BCUT2D eigenvalue weighted by atomic mass is 15.3. The van der Waals surface area contributed by atoms with Crippen molar-refractivity contribution in [1.82, 2.24) is 10.2 Å². The molecule has 5 heteroatoms. The Morgan fingerprint density at radius 1 is 1.39 bits per heavy atom. The van der Waals surface area contributed by atoms with E-state index in [1.165, 1.54) is 6.42 Å². The van der Waals surface area contributed by atoms with Crippen molar-refractivity contribution in [2.75, 3.05) is 18.0 Å². The largest absolute Gasteiger partial charge is 0.384 e. The van der Waals surface area contributed by atoms with Crippen molar-refractivity contribution in [3.8, 4) is 0 Å². The molecule has 1 aliphatic heterocycles. The maximum absolute atomic E-state index is 7.77. The Labute approximate surface area is 108 Å². The summed E-state index contributed by atoms with van der Waals surface area (Å²) in [4.78, 5) is 2.21. The molecule has 0 saturated carbocycles. The zero-order valence-corrected chi connectivity index (χ0v) is 11.3. The molecule has 0 aliphatic carbocycles. The molecule has 3 N–H and O–H groups in total. The Hall–Kier alpha value is -1.65. The first-order chi connectivity index (χ1) is 8.50. The fourth-order valence-corrected chi connectivity index (χ4v) is 2.52. The third-order valence-electron chi connectivity index (χ3n) is 3.66. The zero-order valence-electron chi connectivity index (χ0n) is 11.3. The number of piperidine rings is 1. The number of nitrogens with one attached hydrogen (secondary N) is 1. The average molecular weight is 247 g/mol. The maximum atomic E-state index is 7.77. The van der Waals surface area contributed by atoms with E-state index in [0.29, 0.717) is 5.92 Å². The van der Waals surface area contributed by atoms with Crippen molar-refractivity contribution >= 4 is 11.7 Å². The van der Waals surface area contributed by atoms with Gasteiger partial charge in [0.1, 0.15) is 5.84 Å². The molecular formula is C13H21N5. The SMILES string of the molecule is Cc1nnc(N2CCCC(C)C2)c(C(=N)N)c1C. The summed E-state index contributed by atoms with van der Waals surface area (Å²) in [6.07, 6.45) is 2.41. The second kappa shape index (κ2) is 4.92. The monoisotopic (exact) mass is 247 g/mol. The van der Waals surface area contributed by atoms with E-state index in [1.54, 1.807) is 0 Å². The van der Waals surface area contributed by atoms with Crippen LogP contribution in [0.15, 0.2) is 0 Å². The van der Waals surface area contributed by atoms with Crippen LogP contribution in [0, 0.1) is 25.2 Å². The van der Waals surface area contributed by atoms with Crippen LogP contribution < -0.4 is 10.6 Å². The molecule has 0 spiro atoms. The van der Waals surface area contributed by atoms with Gasteiger partial charge in [0, 0.05) is 13.1 Å². The van der Waals surface area contributed by atoms with Crippen molar-refractivity contribution in [2.24, 2.45) is 11.7 Å². The summed E-state index contributed by atoms with van der Waals surface area (Å²) in [5, 5.41) is 16.2. The summed E-state index contributed by atoms with van der Waals surface area (Å²) in [7, 11) is 0. The lowest BCUT2D eigenvalue weighted by molar-refractivity contribution is 0.443. The van der Waals surface area contributed by atoms with E-state index in [-0.39, 0.29) is 5.84 Å². The molecule has 2 heterocycles. The van der Waals surface area contributed by atoms with Gasteiger partial charge in [0.25, 0.3) is 0 Å². The molecule has 1 atom stereocenters. The topological polar surface area (TPSA) is 78.9 Å². The molecule has 1 fully saturated rings. The summed E-state index contributed by atoms with van der Waals surface area (Å²) < 4.78 is 0. The predicted octanol–water partition coefficient (Wildman–Crippen LogP) is 1.61. The van der Waals surface area contributed by atoms with E-state index < -0.39 is 0 Å². The highest BCUT2D eigenvalue weighted by Gasteiger charge is 2.23. The third-order valence-corrected chi connectivity index (χ3v) is 3.66. The summed E-state index contributed by atoms with van der Waals surface area (Å²) in [5.41, 5.74) is 8.27. The number of rotatable bonds is 2. The molecule has 1 saturated heterocycles. The van der Waals surface area contributed by atoms with Crippen molar-refractivity contribution in [3.63, 3.8) is 0 Å². The van der Waals surface area contributed by atoms with Crippen LogP contribution in [0.4, 0.5) is 5.82 Å². The Morgan fingerprint density at radius 2 is 2.11 bits per heavy atom. The summed E-state index contributed by atoms with van der Waals surface area (Å²) >= 11 is 0. The van der Waals surface area contributed by atoms with Crippen LogP contribution in [0.1, 0.15) is 36.6 Å². The number of amidine groups is 1. The Morgan fingerprint density at radius 3 is 2.72 bits per heavy atom. The third kappa shape index (κ3) is 2.30. The zero-order chi connectivity index (χ0) is 13.3. The smallest absolute Gasteiger partial charge is 0.162 e. The number of hydrogen-bond donors (Lipinski definition) is 2. The van der Waals surface area contributed by atoms with E-state index in [0.717, 1.165) is 42.1 Å². The average Bonchev–Trinajstić information content (AvgIpc) is 2.32. The quantitative estimate of drug-likeness (QED) is 0.614. The second-order valence-corrected chi connectivity index (χ2v) is 5.22. The first-order valence-electron chi connectivity index (χ1n) is 6.44. The fraction of sp³-hybridized carbons (Fsp3) is 0.615. The lowest BCUT2D eigenvalue weighted by Gasteiger charge is -2.33.